The third-order valence-corrected chi connectivity index (χ3v) is 3.56. The highest BCUT2D eigenvalue weighted by Gasteiger charge is 2.23. The SMILES string of the molecule is CC1CN(C)c2ccc(-c3cnn(C)c3)cc21. The highest BCUT2D eigenvalue weighted by Crippen LogP contribution is 2.37. The molecule has 0 amide bonds. The fraction of sp³-hybridized carbons (Fsp3) is 0.357. The quantitative estimate of drug-likeness (QED) is 0.746. The Bertz CT molecular complexity index is 556. The molecule has 0 saturated heterocycles. The van der Waals surface area contributed by atoms with E-state index >= 15 is 0 Å². The highest BCUT2D eigenvalue weighted by molar-refractivity contribution is 5.70. The Morgan fingerprint density at radius 2 is 2.06 bits per heavy atom. The summed E-state index contributed by atoms with van der Waals surface area (Å²) >= 11 is 0. The van der Waals surface area contributed by atoms with Crippen molar-refractivity contribution in [3.05, 3.63) is 36.2 Å². The zero-order valence-electron chi connectivity index (χ0n) is 10.5. The second-order valence-electron chi connectivity index (χ2n) is 4.96. The number of aryl methyl sites for hydroxylation is 1. The summed E-state index contributed by atoms with van der Waals surface area (Å²) < 4.78 is 1.85. The summed E-state index contributed by atoms with van der Waals surface area (Å²) in [5.41, 5.74) is 5.27. The molecule has 1 aliphatic heterocycles. The predicted molar refractivity (Wildman–Crippen MR) is 70.3 cm³/mol. The molecular formula is C14H17N3. The van der Waals surface area contributed by atoms with E-state index in [-0.39, 0.29) is 0 Å². The zero-order valence-corrected chi connectivity index (χ0v) is 10.5. The van der Waals surface area contributed by atoms with Crippen LogP contribution in [-0.4, -0.2) is 23.4 Å². The van der Waals surface area contributed by atoms with Gasteiger partial charge >= 0.3 is 0 Å². The Labute approximate surface area is 102 Å². The molecular weight excluding hydrogens is 210 g/mol. The van der Waals surface area contributed by atoms with E-state index in [9.17, 15) is 0 Å². The standard InChI is InChI=1S/C14H17N3/c1-10-8-16(2)14-5-4-11(6-13(10)14)12-7-15-17(3)9-12/h4-7,9-10H,8H2,1-3H3. The maximum absolute atomic E-state index is 4.23. The molecule has 0 saturated carbocycles. The van der Waals surface area contributed by atoms with Gasteiger partial charge in [-0.05, 0) is 23.3 Å². The summed E-state index contributed by atoms with van der Waals surface area (Å²) in [7, 11) is 4.11. The Kier molecular flexibility index (Phi) is 2.21. The first kappa shape index (κ1) is 10.4. The highest BCUT2D eigenvalue weighted by atomic mass is 15.2. The van der Waals surface area contributed by atoms with Gasteiger partial charge in [-0.3, -0.25) is 4.68 Å². The molecule has 2 aromatic rings. The van der Waals surface area contributed by atoms with Crippen molar-refractivity contribution in [1.82, 2.24) is 9.78 Å². The molecule has 3 rings (SSSR count). The van der Waals surface area contributed by atoms with Gasteiger partial charge in [0, 0.05) is 44.0 Å². The first-order valence-corrected chi connectivity index (χ1v) is 5.99. The topological polar surface area (TPSA) is 21.1 Å². The maximum Gasteiger partial charge on any atom is 0.0568 e. The average molecular weight is 227 g/mol. The van der Waals surface area contributed by atoms with Crippen LogP contribution in [0.3, 0.4) is 0 Å². The molecule has 0 bridgehead atoms. The molecule has 3 nitrogen and oxygen atoms in total. The van der Waals surface area contributed by atoms with Crippen molar-refractivity contribution < 1.29 is 0 Å². The zero-order chi connectivity index (χ0) is 12.0. The molecule has 17 heavy (non-hydrogen) atoms. The molecule has 1 atom stereocenters. The van der Waals surface area contributed by atoms with Gasteiger partial charge in [0.15, 0.2) is 0 Å². The Morgan fingerprint density at radius 1 is 1.24 bits per heavy atom. The van der Waals surface area contributed by atoms with Gasteiger partial charge in [-0.25, -0.2) is 0 Å². The minimum atomic E-state index is 0.617. The van der Waals surface area contributed by atoms with Crippen LogP contribution in [0.5, 0.6) is 0 Å². The van der Waals surface area contributed by atoms with Crippen molar-refractivity contribution in [3.8, 4) is 11.1 Å². The molecule has 3 heteroatoms. The maximum atomic E-state index is 4.23. The van der Waals surface area contributed by atoms with Crippen LogP contribution < -0.4 is 4.90 Å². The largest absolute Gasteiger partial charge is 0.374 e. The van der Waals surface area contributed by atoms with Gasteiger partial charge in [0.2, 0.25) is 0 Å². The summed E-state index contributed by atoms with van der Waals surface area (Å²) in [4.78, 5) is 2.33. The Balaban J connectivity index is 2.07. The van der Waals surface area contributed by atoms with E-state index in [4.69, 9.17) is 0 Å². The minimum Gasteiger partial charge on any atom is -0.374 e. The van der Waals surface area contributed by atoms with Gasteiger partial charge in [0.05, 0.1) is 6.20 Å². The Morgan fingerprint density at radius 3 is 2.76 bits per heavy atom. The lowest BCUT2D eigenvalue weighted by atomic mass is 9.99. The molecule has 1 unspecified atom stereocenters. The van der Waals surface area contributed by atoms with Gasteiger partial charge in [-0.15, -0.1) is 0 Å². The van der Waals surface area contributed by atoms with Crippen molar-refractivity contribution in [1.29, 1.82) is 0 Å². The smallest absolute Gasteiger partial charge is 0.0568 e. The van der Waals surface area contributed by atoms with Gasteiger partial charge in [0.1, 0.15) is 0 Å². The number of nitrogens with zero attached hydrogens (tertiary/aromatic N) is 3. The lowest BCUT2D eigenvalue weighted by molar-refractivity contribution is 0.768. The number of benzene rings is 1. The number of anilines is 1. The van der Waals surface area contributed by atoms with Gasteiger partial charge in [0.25, 0.3) is 0 Å². The fourth-order valence-corrected chi connectivity index (χ4v) is 2.65. The lowest BCUT2D eigenvalue weighted by Gasteiger charge is -2.11. The third kappa shape index (κ3) is 1.62. The first-order chi connectivity index (χ1) is 8.15. The molecule has 0 fully saturated rings. The van der Waals surface area contributed by atoms with Crippen LogP contribution in [0, 0.1) is 0 Å². The van der Waals surface area contributed by atoms with Crippen LogP contribution >= 0.6 is 0 Å². The van der Waals surface area contributed by atoms with Crippen molar-refractivity contribution in [2.45, 2.75) is 12.8 Å². The molecule has 0 N–H and O–H groups in total. The lowest BCUT2D eigenvalue weighted by Crippen LogP contribution is -2.13. The second kappa shape index (κ2) is 3.62. The molecule has 1 aromatic heterocycles. The molecule has 1 aromatic carbocycles. The van der Waals surface area contributed by atoms with Crippen molar-refractivity contribution >= 4 is 5.69 Å². The van der Waals surface area contributed by atoms with Crippen LogP contribution in [-0.2, 0) is 7.05 Å². The molecule has 0 spiro atoms. The van der Waals surface area contributed by atoms with E-state index in [1.807, 2.05) is 17.9 Å². The third-order valence-electron chi connectivity index (χ3n) is 3.56. The van der Waals surface area contributed by atoms with Crippen LogP contribution in [0.1, 0.15) is 18.4 Å². The number of aromatic nitrogens is 2. The van der Waals surface area contributed by atoms with E-state index in [0.29, 0.717) is 5.92 Å². The molecule has 2 heterocycles. The predicted octanol–water partition coefficient (Wildman–Crippen LogP) is 2.64. The average Bonchev–Trinajstić information content (AvgIpc) is 2.85. The van der Waals surface area contributed by atoms with Gasteiger partial charge in [-0.1, -0.05) is 13.0 Å². The number of hydrogen-bond donors (Lipinski definition) is 0. The van der Waals surface area contributed by atoms with E-state index in [1.54, 1.807) is 0 Å². The normalized spacial score (nSPS) is 18.5. The second-order valence-corrected chi connectivity index (χ2v) is 4.96. The number of likely N-dealkylation sites (N-methyl/N-ethyl adjacent to an activating group) is 1. The summed E-state index contributed by atoms with van der Waals surface area (Å²) in [5.74, 6) is 0.617. The van der Waals surface area contributed by atoms with E-state index in [0.717, 1.165) is 6.54 Å². The summed E-state index contributed by atoms with van der Waals surface area (Å²) in [6, 6.07) is 6.71. The van der Waals surface area contributed by atoms with Crippen molar-refractivity contribution in [2.24, 2.45) is 7.05 Å². The molecule has 0 aliphatic carbocycles. The Hall–Kier alpha value is -1.77. The summed E-state index contributed by atoms with van der Waals surface area (Å²) in [5, 5.41) is 4.23. The van der Waals surface area contributed by atoms with Gasteiger partial charge in [-0.2, -0.15) is 5.10 Å². The number of rotatable bonds is 1. The molecule has 88 valence electrons. The van der Waals surface area contributed by atoms with Crippen molar-refractivity contribution in [3.63, 3.8) is 0 Å². The van der Waals surface area contributed by atoms with Crippen molar-refractivity contribution in [2.75, 3.05) is 18.5 Å². The molecule has 1 aliphatic rings. The first-order valence-electron chi connectivity index (χ1n) is 5.99. The van der Waals surface area contributed by atoms with Gasteiger partial charge < -0.3 is 4.90 Å². The monoisotopic (exact) mass is 227 g/mol. The van der Waals surface area contributed by atoms with E-state index in [2.05, 4.69) is 48.4 Å². The van der Waals surface area contributed by atoms with Crippen LogP contribution in [0.2, 0.25) is 0 Å². The van der Waals surface area contributed by atoms with Crippen LogP contribution in [0.25, 0.3) is 11.1 Å². The minimum absolute atomic E-state index is 0.617. The molecule has 0 radical (unpaired) electrons. The number of fused-ring (bicyclic) bond motifs is 1. The van der Waals surface area contributed by atoms with Crippen LogP contribution in [0.4, 0.5) is 5.69 Å². The van der Waals surface area contributed by atoms with Crippen LogP contribution in [0.15, 0.2) is 30.6 Å². The summed E-state index contributed by atoms with van der Waals surface area (Å²) in [6.07, 6.45) is 3.98. The summed E-state index contributed by atoms with van der Waals surface area (Å²) in [6.45, 7) is 3.40. The van der Waals surface area contributed by atoms with E-state index < -0.39 is 0 Å². The van der Waals surface area contributed by atoms with E-state index in [1.165, 1.54) is 22.4 Å². The number of hydrogen-bond acceptors (Lipinski definition) is 2. The fourth-order valence-electron chi connectivity index (χ4n) is 2.65.